The van der Waals surface area contributed by atoms with E-state index in [0.29, 0.717) is 28.0 Å². The summed E-state index contributed by atoms with van der Waals surface area (Å²) in [7, 11) is 0. The van der Waals surface area contributed by atoms with Gasteiger partial charge in [-0.2, -0.15) is 0 Å². The third-order valence-electron chi connectivity index (χ3n) is 3.55. The minimum Gasteiger partial charge on any atom is -0.435 e. The molecule has 0 saturated heterocycles. The third kappa shape index (κ3) is 2.70. The summed E-state index contributed by atoms with van der Waals surface area (Å²) in [5, 5.41) is 11.8. The van der Waals surface area contributed by atoms with Crippen LogP contribution in [0.25, 0.3) is 0 Å². The first-order valence-electron chi connectivity index (χ1n) is 7.07. The van der Waals surface area contributed by atoms with E-state index < -0.39 is 5.91 Å². The fourth-order valence-corrected chi connectivity index (χ4v) is 2.69. The van der Waals surface area contributed by atoms with Gasteiger partial charge in [-0.3, -0.25) is 4.79 Å². The summed E-state index contributed by atoms with van der Waals surface area (Å²) in [5.41, 5.74) is 1.57. The molecule has 120 valence electrons. The lowest BCUT2D eigenvalue weighted by Crippen LogP contribution is -2.11. The van der Waals surface area contributed by atoms with Crippen LogP contribution in [-0.2, 0) is 6.54 Å². The Bertz CT molecular complexity index is 938. The lowest BCUT2D eigenvalue weighted by Gasteiger charge is -2.09. The number of rotatable bonds is 2. The predicted molar refractivity (Wildman–Crippen MR) is 90.1 cm³/mol. The minimum atomic E-state index is -0.395. The molecule has 1 aliphatic rings. The van der Waals surface area contributed by atoms with Gasteiger partial charge in [0, 0.05) is 10.0 Å². The first-order valence-corrected chi connectivity index (χ1v) is 7.82. The highest BCUT2D eigenvalue weighted by Crippen LogP contribution is 2.36. The number of hydrogen-bond donors (Lipinski definition) is 1. The second-order valence-electron chi connectivity index (χ2n) is 5.22. The second-order valence-corrected chi connectivity index (χ2v) is 6.10. The van der Waals surface area contributed by atoms with Gasteiger partial charge in [0.15, 0.2) is 5.75 Å². The lowest BCUT2D eigenvalue weighted by molar-refractivity contribution is 0.102. The molecule has 0 spiro atoms. The van der Waals surface area contributed by atoms with E-state index in [1.807, 2.05) is 12.1 Å². The van der Waals surface area contributed by atoms with Gasteiger partial charge in [0.2, 0.25) is 5.69 Å². The van der Waals surface area contributed by atoms with Crippen molar-refractivity contribution in [2.45, 2.75) is 6.54 Å². The maximum absolute atomic E-state index is 12.3. The number of fused-ring (bicyclic) bond motifs is 2. The van der Waals surface area contributed by atoms with Crippen LogP contribution in [0, 0.1) is 0 Å². The maximum atomic E-state index is 12.3. The third-order valence-corrected chi connectivity index (χ3v) is 4.03. The van der Waals surface area contributed by atoms with E-state index in [-0.39, 0.29) is 11.6 Å². The van der Waals surface area contributed by atoms with Gasteiger partial charge < -0.3 is 10.1 Å². The molecular formula is C16H10Cl2N4O2. The number of aromatic nitrogens is 3. The molecule has 0 saturated carbocycles. The van der Waals surface area contributed by atoms with E-state index in [0.717, 1.165) is 5.56 Å². The molecule has 0 atom stereocenters. The molecule has 1 amide bonds. The first kappa shape index (κ1) is 15.0. The Morgan fingerprint density at radius 1 is 1.08 bits per heavy atom. The number of hydrogen-bond acceptors (Lipinski definition) is 4. The van der Waals surface area contributed by atoms with Crippen LogP contribution in [0.1, 0.15) is 16.1 Å². The van der Waals surface area contributed by atoms with Crippen LogP contribution < -0.4 is 10.1 Å². The molecule has 1 aromatic heterocycles. The average molecular weight is 361 g/mol. The number of halogens is 2. The van der Waals surface area contributed by atoms with Gasteiger partial charge in [-0.15, -0.1) is 5.10 Å². The topological polar surface area (TPSA) is 69.0 Å². The van der Waals surface area contributed by atoms with E-state index >= 15 is 0 Å². The number of nitrogens with zero attached hydrogens (tertiary/aromatic N) is 3. The van der Waals surface area contributed by atoms with E-state index in [9.17, 15) is 4.79 Å². The zero-order chi connectivity index (χ0) is 16.7. The van der Waals surface area contributed by atoms with Crippen LogP contribution in [0.3, 0.4) is 0 Å². The maximum Gasteiger partial charge on any atom is 0.282 e. The monoisotopic (exact) mass is 360 g/mol. The lowest BCUT2D eigenvalue weighted by atomic mass is 10.2. The Morgan fingerprint density at radius 2 is 1.83 bits per heavy atom. The summed E-state index contributed by atoms with van der Waals surface area (Å²) in [4.78, 5) is 12.3. The number of ether oxygens (including phenoxy) is 1. The molecule has 1 aliphatic heterocycles. The fraction of sp³-hybridized carbons (Fsp3) is 0.0625. The highest BCUT2D eigenvalue weighted by Gasteiger charge is 2.27. The molecule has 0 unspecified atom stereocenters. The predicted octanol–water partition coefficient (Wildman–Crippen LogP) is 3.99. The van der Waals surface area contributed by atoms with E-state index in [1.165, 1.54) is 4.68 Å². The van der Waals surface area contributed by atoms with Crippen LogP contribution in [-0.4, -0.2) is 20.9 Å². The Hall–Kier alpha value is -2.57. The highest BCUT2D eigenvalue weighted by atomic mass is 35.5. The van der Waals surface area contributed by atoms with E-state index in [1.54, 1.807) is 30.3 Å². The van der Waals surface area contributed by atoms with Gasteiger partial charge in [-0.05, 0) is 35.9 Å². The van der Waals surface area contributed by atoms with Crippen molar-refractivity contribution >= 4 is 34.8 Å². The van der Waals surface area contributed by atoms with Crippen molar-refractivity contribution in [2.24, 2.45) is 0 Å². The van der Waals surface area contributed by atoms with E-state index in [2.05, 4.69) is 15.6 Å². The van der Waals surface area contributed by atoms with Gasteiger partial charge in [0.25, 0.3) is 11.8 Å². The smallest absolute Gasteiger partial charge is 0.282 e. The molecule has 1 N–H and O–H groups in total. The summed E-state index contributed by atoms with van der Waals surface area (Å²) in [6.07, 6.45) is 0. The summed E-state index contributed by atoms with van der Waals surface area (Å²) in [6, 6.07) is 12.3. The standard InChI is InChI=1S/C16H10Cl2N4O2/c17-10-3-1-9(2-4-10)8-22-16-14(20-21-22)15(23)19-12-7-11(18)5-6-13(12)24-16/h1-7H,8H2,(H,19,23). The van der Waals surface area contributed by atoms with Gasteiger partial charge in [-0.25, -0.2) is 4.68 Å². The largest absolute Gasteiger partial charge is 0.435 e. The van der Waals surface area contributed by atoms with Crippen molar-refractivity contribution in [1.29, 1.82) is 0 Å². The Morgan fingerprint density at radius 3 is 2.62 bits per heavy atom. The summed E-state index contributed by atoms with van der Waals surface area (Å²) in [6.45, 7) is 0.399. The van der Waals surface area contributed by atoms with Gasteiger partial charge in [0.1, 0.15) is 0 Å². The van der Waals surface area contributed by atoms with Crippen molar-refractivity contribution in [2.75, 3.05) is 5.32 Å². The molecule has 4 rings (SSSR count). The van der Waals surface area contributed by atoms with Crippen LogP contribution >= 0.6 is 23.2 Å². The number of amides is 1. The molecule has 3 aromatic rings. The number of nitrogens with one attached hydrogen (secondary N) is 1. The molecule has 24 heavy (non-hydrogen) atoms. The summed E-state index contributed by atoms with van der Waals surface area (Å²) in [5.74, 6) is 0.364. The summed E-state index contributed by atoms with van der Waals surface area (Å²) < 4.78 is 7.39. The summed E-state index contributed by atoms with van der Waals surface area (Å²) >= 11 is 11.9. The molecule has 0 radical (unpaired) electrons. The first-order chi connectivity index (χ1) is 11.6. The van der Waals surface area contributed by atoms with Crippen LogP contribution in [0.15, 0.2) is 42.5 Å². The zero-order valence-electron chi connectivity index (χ0n) is 12.2. The van der Waals surface area contributed by atoms with Crippen LogP contribution in [0.4, 0.5) is 5.69 Å². The Labute approximate surface area is 146 Å². The quantitative estimate of drug-likeness (QED) is 0.749. The fourth-order valence-electron chi connectivity index (χ4n) is 2.39. The molecular weight excluding hydrogens is 351 g/mol. The SMILES string of the molecule is O=C1Nc2cc(Cl)ccc2Oc2c1nnn2Cc1ccc(Cl)cc1. The number of carbonyl (C=O) groups is 1. The van der Waals surface area contributed by atoms with Crippen LogP contribution in [0.5, 0.6) is 11.6 Å². The highest BCUT2D eigenvalue weighted by molar-refractivity contribution is 6.31. The number of carbonyl (C=O) groups excluding carboxylic acids is 1. The van der Waals surface area contributed by atoms with E-state index in [4.69, 9.17) is 27.9 Å². The molecule has 2 heterocycles. The van der Waals surface area contributed by atoms with Gasteiger partial charge in [0.05, 0.1) is 12.2 Å². The average Bonchev–Trinajstić information content (AvgIpc) is 2.88. The number of anilines is 1. The zero-order valence-corrected chi connectivity index (χ0v) is 13.7. The van der Waals surface area contributed by atoms with Crippen LogP contribution in [0.2, 0.25) is 10.0 Å². The van der Waals surface area contributed by atoms with Gasteiger partial charge in [-0.1, -0.05) is 40.5 Å². The molecule has 8 heteroatoms. The van der Waals surface area contributed by atoms with Crippen molar-refractivity contribution in [1.82, 2.24) is 15.0 Å². The minimum absolute atomic E-state index is 0.122. The van der Waals surface area contributed by atoms with Gasteiger partial charge >= 0.3 is 0 Å². The molecule has 6 nitrogen and oxygen atoms in total. The molecule has 0 fully saturated rings. The normalized spacial score (nSPS) is 12.7. The number of benzene rings is 2. The second kappa shape index (κ2) is 5.81. The Balaban J connectivity index is 1.73. The molecule has 0 aliphatic carbocycles. The Kier molecular flexibility index (Phi) is 3.63. The van der Waals surface area contributed by atoms with Crippen molar-refractivity contribution in [3.63, 3.8) is 0 Å². The van der Waals surface area contributed by atoms with Crippen molar-refractivity contribution in [3.05, 3.63) is 63.8 Å². The molecule has 0 bridgehead atoms. The van der Waals surface area contributed by atoms with Crippen molar-refractivity contribution < 1.29 is 9.53 Å². The molecule has 2 aromatic carbocycles. The van der Waals surface area contributed by atoms with Crippen molar-refractivity contribution in [3.8, 4) is 11.6 Å².